The highest BCUT2D eigenvalue weighted by Crippen LogP contribution is 2.24. The minimum absolute atomic E-state index is 0.00747. The van der Waals surface area contributed by atoms with E-state index in [2.05, 4.69) is 41.3 Å². The Bertz CT molecular complexity index is 700. The van der Waals surface area contributed by atoms with E-state index in [1.54, 1.807) is 6.92 Å². The van der Waals surface area contributed by atoms with Crippen LogP contribution < -0.4 is 16.0 Å². The molecule has 0 aliphatic heterocycles. The van der Waals surface area contributed by atoms with Gasteiger partial charge < -0.3 is 9.84 Å². The van der Waals surface area contributed by atoms with Crippen LogP contribution >= 0.6 is 15.9 Å². The first-order chi connectivity index (χ1) is 8.92. The molecule has 0 radical (unpaired) electrons. The molecule has 0 atom stereocenters. The van der Waals surface area contributed by atoms with E-state index in [-0.39, 0.29) is 22.6 Å². The lowest BCUT2D eigenvalue weighted by Crippen LogP contribution is -2.18. The molecule has 0 unspecified atom stereocenters. The quantitative estimate of drug-likeness (QED) is 0.540. The molecule has 2 aromatic rings. The third-order valence-electron chi connectivity index (χ3n) is 1.99. The highest BCUT2D eigenvalue weighted by atomic mass is 79.9. The Morgan fingerprint density at radius 2 is 2.16 bits per heavy atom. The largest absolute Gasteiger partial charge is 0.408 e. The Kier molecular flexibility index (Phi) is 3.68. The molecule has 0 aromatic carbocycles. The molecule has 4 N–H and O–H groups in total. The topological polar surface area (TPSA) is 136 Å². The fourth-order valence-corrected chi connectivity index (χ4v) is 2.80. The molecule has 0 saturated carbocycles. The van der Waals surface area contributed by atoms with Gasteiger partial charge in [0.1, 0.15) is 4.90 Å². The Hall–Kier alpha value is -1.72. The van der Waals surface area contributed by atoms with Gasteiger partial charge in [-0.25, -0.2) is 24.0 Å². The van der Waals surface area contributed by atoms with Crippen molar-refractivity contribution in [3.8, 4) is 0 Å². The first-order valence-corrected chi connectivity index (χ1v) is 7.15. The van der Waals surface area contributed by atoms with Crippen LogP contribution in [-0.4, -0.2) is 23.6 Å². The molecule has 0 spiro atoms. The standard InChI is InChI=1S/C8H9BrN6O3S/c1-4-13-14-8(18-4)15-19(16,17)6-2-5(9)3-11-7(6)12-10/h2-3H,10H2,1H3,(H,11,12)(H,14,15). The zero-order valence-electron chi connectivity index (χ0n) is 9.58. The molecule has 0 bridgehead atoms. The summed E-state index contributed by atoms with van der Waals surface area (Å²) >= 11 is 3.13. The zero-order chi connectivity index (χ0) is 14.0. The predicted molar refractivity (Wildman–Crippen MR) is 69.6 cm³/mol. The van der Waals surface area contributed by atoms with E-state index < -0.39 is 10.0 Å². The Labute approximate surface area is 116 Å². The van der Waals surface area contributed by atoms with Crippen LogP contribution in [0.5, 0.6) is 0 Å². The molecular formula is C8H9BrN6O3S. The third kappa shape index (κ3) is 3.00. The van der Waals surface area contributed by atoms with Crippen molar-refractivity contribution in [3.63, 3.8) is 0 Å². The predicted octanol–water partition coefficient (Wildman–Crippen LogP) is 0.622. The van der Waals surface area contributed by atoms with Gasteiger partial charge in [-0.05, 0) is 22.0 Å². The molecule has 0 aliphatic carbocycles. The van der Waals surface area contributed by atoms with Crippen molar-refractivity contribution in [1.29, 1.82) is 0 Å². The number of nitrogens with two attached hydrogens (primary N) is 1. The Morgan fingerprint density at radius 1 is 1.42 bits per heavy atom. The molecule has 2 heterocycles. The van der Waals surface area contributed by atoms with Gasteiger partial charge in [0.2, 0.25) is 5.89 Å². The van der Waals surface area contributed by atoms with Crippen LogP contribution in [-0.2, 0) is 10.0 Å². The zero-order valence-corrected chi connectivity index (χ0v) is 12.0. The van der Waals surface area contributed by atoms with Crippen molar-refractivity contribution < 1.29 is 12.8 Å². The van der Waals surface area contributed by atoms with Gasteiger partial charge in [0.05, 0.1) is 0 Å². The van der Waals surface area contributed by atoms with Crippen molar-refractivity contribution in [2.75, 3.05) is 10.1 Å². The second kappa shape index (κ2) is 5.11. The summed E-state index contributed by atoms with van der Waals surface area (Å²) < 4.78 is 31.9. The number of halogens is 1. The highest BCUT2D eigenvalue weighted by Gasteiger charge is 2.22. The number of nitrogens with one attached hydrogen (secondary N) is 2. The number of aryl methyl sites for hydroxylation is 1. The van der Waals surface area contributed by atoms with E-state index in [4.69, 9.17) is 10.3 Å². The van der Waals surface area contributed by atoms with Crippen molar-refractivity contribution in [2.24, 2.45) is 5.84 Å². The molecule has 2 aromatic heterocycles. The molecule has 19 heavy (non-hydrogen) atoms. The van der Waals surface area contributed by atoms with Gasteiger partial charge in [-0.1, -0.05) is 5.10 Å². The van der Waals surface area contributed by atoms with E-state index in [1.165, 1.54) is 12.3 Å². The van der Waals surface area contributed by atoms with Crippen LogP contribution in [0.2, 0.25) is 0 Å². The van der Waals surface area contributed by atoms with Crippen molar-refractivity contribution in [1.82, 2.24) is 15.2 Å². The van der Waals surface area contributed by atoms with E-state index in [0.29, 0.717) is 4.47 Å². The summed E-state index contributed by atoms with van der Waals surface area (Å²) in [5, 5.41) is 7.06. The fourth-order valence-electron chi connectivity index (χ4n) is 1.24. The Morgan fingerprint density at radius 3 is 2.74 bits per heavy atom. The van der Waals surface area contributed by atoms with Gasteiger partial charge in [0.25, 0.3) is 10.0 Å². The number of sulfonamides is 1. The molecule has 0 saturated heterocycles. The average molecular weight is 349 g/mol. The molecule has 2 rings (SSSR count). The van der Waals surface area contributed by atoms with E-state index in [0.717, 1.165) is 0 Å². The maximum atomic E-state index is 12.1. The number of nitrogens with zero attached hydrogens (tertiary/aromatic N) is 3. The van der Waals surface area contributed by atoms with Gasteiger partial charge in [0.15, 0.2) is 5.82 Å². The Balaban J connectivity index is 2.41. The average Bonchev–Trinajstić information content (AvgIpc) is 2.74. The summed E-state index contributed by atoms with van der Waals surface area (Å²) in [5.74, 6) is 5.45. The minimum atomic E-state index is -3.95. The van der Waals surface area contributed by atoms with Crippen molar-refractivity contribution >= 4 is 37.8 Å². The normalized spacial score (nSPS) is 11.3. The second-order valence-electron chi connectivity index (χ2n) is 3.38. The number of pyridine rings is 1. The molecular weight excluding hydrogens is 340 g/mol. The maximum Gasteiger partial charge on any atom is 0.329 e. The number of anilines is 2. The first-order valence-electron chi connectivity index (χ1n) is 4.87. The van der Waals surface area contributed by atoms with Gasteiger partial charge in [-0.2, -0.15) is 0 Å². The van der Waals surface area contributed by atoms with Crippen molar-refractivity contribution in [2.45, 2.75) is 11.8 Å². The summed E-state index contributed by atoms with van der Waals surface area (Å²) in [5.41, 5.74) is 2.20. The van der Waals surface area contributed by atoms with Crippen LogP contribution in [0.3, 0.4) is 0 Å². The van der Waals surface area contributed by atoms with Crippen LogP contribution in [0.25, 0.3) is 0 Å². The van der Waals surface area contributed by atoms with Crippen LogP contribution in [0.4, 0.5) is 11.8 Å². The highest BCUT2D eigenvalue weighted by molar-refractivity contribution is 9.10. The molecule has 9 nitrogen and oxygen atoms in total. The number of nitrogen functional groups attached to an aromatic ring is 1. The summed E-state index contributed by atoms with van der Waals surface area (Å²) in [7, 11) is -3.95. The summed E-state index contributed by atoms with van der Waals surface area (Å²) in [6, 6.07) is 1.11. The summed E-state index contributed by atoms with van der Waals surface area (Å²) in [4.78, 5) is 3.69. The van der Waals surface area contributed by atoms with E-state index >= 15 is 0 Å². The minimum Gasteiger partial charge on any atom is -0.408 e. The van der Waals surface area contributed by atoms with Gasteiger partial charge >= 0.3 is 6.01 Å². The molecule has 11 heteroatoms. The first kappa shape index (κ1) is 13.7. The second-order valence-corrected chi connectivity index (χ2v) is 5.94. The number of hydrogen-bond acceptors (Lipinski definition) is 8. The van der Waals surface area contributed by atoms with Crippen LogP contribution in [0.1, 0.15) is 5.89 Å². The molecule has 0 aliphatic rings. The number of hydrazine groups is 1. The number of hydrogen-bond donors (Lipinski definition) is 3. The SMILES string of the molecule is Cc1nnc(NS(=O)(=O)c2cc(Br)cnc2NN)o1. The molecule has 0 fully saturated rings. The summed E-state index contributed by atoms with van der Waals surface area (Å²) in [6.45, 7) is 1.54. The van der Waals surface area contributed by atoms with Crippen molar-refractivity contribution in [3.05, 3.63) is 22.6 Å². The van der Waals surface area contributed by atoms with Gasteiger partial charge in [-0.15, -0.1) is 5.10 Å². The fraction of sp³-hybridized carbons (Fsp3) is 0.125. The molecule has 102 valence electrons. The monoisotopic (exact) mass is 348 g/mol. The third-order valence-corrected chi connectivity index (χ3v) is 3.76. The molecule has 0 amide bonds. The number of rotatable bonds is 4. The summed E-state index contributed by atoms with van der Waals surface area (Å²) in [6.07, 6.45) is 1.41. The smallest absolute Gasteiger partial charge is 0.329 e. The van der Waals surface area contributed by atoms with Crippen LogP contribution in [0.15, 0.2) is 26.0 Å². The van der Waals surface area contributed by atoms with Gasteiger partial charge in [-0.3, -0.25) is 0 Å². The van der Waals surface area contributed by atoms with Gasteiger partial charge in [0, 0.05) is 17.6 Å². The maximum absolute atomic E-state index is 12.1. The lowest BCUT2D eigenvalue weighted by atomic mass is 10.5. The lowest BCUT2D eigenvalue weighted by molar-refractivity contribution is 0.534. The lowest BCUT2D eigenvalue weighted by Gasteiger charge is -2.08. The number of aromatic nitrogens is 3. The van der Waals surface area contributed by atoms with E-state index in [9.17, 15) is 8.42 Å². The van der Waals surface area contributed by atoms with Crippen LogP contribution in [0, 0.1) is 6.92 Å². The van der Waals surface area contributed by atoms with E-state index in [1.807, 2.05) is 0 Å².